The van der Waals surface area contributed by atoms with Gasteiger partial charge in [-0.3, -0.25) is 24.6 Å². The summed E-state index contributed by atoms with van der Waals surface area (Å²) < 4.78 is 5.81. The van der Waals surface area contributed by atoms with E-state index in [1.807, 2.05) is 0 Å². The minimum Gasteiger partial charge on any atom is -0.450 e. The Hall–Kier alpha value is -4.40. The minimum atomic E-state index is -0.878. The molecule has 9 heteroatoms. The zero-order valence-corrected chi connectivity index (χ0v) is 15.3. The van der Waals surface area contributed by atoms with E-state index in [-0.39, 0.29) is 28.4 Å². The first-order valence-electron chi connectivity index (χ1n) is 8.97. The van der Waals surface area contributed by atoms with Crippen LogP contribution in [0.2, 0.25) is 0 Å². The van der Waals surface area contributed by atoms with Crippen molar-refractivity contribution in [1.82, 2.24) is 9.97 Å². The molecule has 0 bridgehead atoms. The Morgan fingerprint density at radius 3 is 2.37 bits per heavy atom. The van der Waals surface area contributed by atoms with Gasteiger partial charge in [0.1, 0.15) is 5.58 Å². The van der Waals surface area contributed by atoms with Crippen molar-refractivity contribution in [3.8, 4) is 0 Å². The highest BCUT2D eigenvalue weighted by atomic mass is 16.6. The third-order valence-corrected chi connectivity index (χ3v) is 4.96. The zero-order valence-electron chi connectivity index (χ0n) is 15.3. The molecule has 0 N–H and O–H groups in total. The lowest BCUT2D eigenvalue weighted by atomic mass is 9.98. The molecule has 0 saturated carbocycles. The second-order valence-electron chi connectivity index (χ2n) is 6.65. The van der Waals surface area contributed by atoms with Crippen LogP contribution in [0.25, 0.3) is 11.0 Å². The zero-order chi connectivity index (χ0) is 20.8. The largest absolute Gasteiger partial charge is 0.450 e. The summed E-state index contributed by atoms with van der Waals surface area (Å²) in [5.74, 6) is -0.544. The quantitative estimate of drug-likeness (QED) is 0.382. The van der Waals surface area contributed by atoms with E-state index in [4.69, 9.17) is 4.42 Å². The Balaban J connectivity index is 1.79. The van der Waals surface area contributed by atoms with Crippen LogP contribution in [0.3, 0.4) is 0 Å². The number of nitro groups is 1. The number of para-hydroxylation sites is 1. The summed E-state index contributed by atoms with van der Waals surface area (Å²) in [6, 6.07) is 13.1. The van der Waals surface area contributed by atoms with Gasteiger partial charge in [0.15, 0.2) is 5.43 Å². The van der Waals surface area contributed by atoms with Gasteiger partial charge in [-0.1, -0.05) is 12.1 Å². The van der Waals surface area contributed by atoms with Gasteiger partial charge in [0, 0.05) is 24.5 Å². The molecule has 1 amide bonds. The number of non-ortho nitro benzene ring substituents is 1. The lowest BCUT2D eigenvalue weighted by molar-refractivity contribution is -0.384. The second kappa shape index (κ2) is 6.59. The molecule has 2 aromatic carbocycles. The molecule has 30 heavy (non-hydrogen) atoms. The topological polar surface area (TPSA) is 119 Å². The van der Waals surface area contributed by atoms with Crippen LogP contribution in [0.4, 0.5) is 11.6 Å². The van der Waals surface area contributed by atoms with E-state index in [1.54, 1.807) is 30.3 Å². The normalized spacial score (nSPS) is 15.4. The molecule has 146 valence electrons. The maximum atomic E-state index is 13.3. The van der Waals surface area contributed by atoms with Gasteiger partial charge in [-0.05, 0) is 35.9 Å². The Morgan fingerprint density at radius 2 is 1.67 bits per heavy atom. The predicted octanol–water partition coefficient (Wildman–Crippen LogP) is 3.24. The number of rotatable bonds is 3. The molecule has 5 rings (SSSR count). The highest BCUT2D eigenvalue weighted by Gasteiger charge is 2.44. The first-order chi connectivity index (χ1) is 14.6. The lowest BCUT2D eigenvalue weighted by Crippen LogP contribution is -2.31. The molecule has 3 heterocycles. The number of nitrogens with zero attached hydrogens (tertiary/aromatic N) is 4. The third-order valence-electron chi connectivity index (χ3n) is 4.96. The number of benzene rings is 2. The summed E-state index contributed by atoms with van der Waals surface area (Å²) >= 11 is 0. The molecule has 1 unspecified atom stereocenters. The van der Waals surface area contributed by atoms with Gasteiger partial charge in [-0.2, -0.15) is 0 Å². The van der Waals surface area contributed by atoms with E-state index < -0.39 is 16.9 Å². The lowest BCUT2D eigenvalue weighted by Gasteiger charge is -2.22. The fraction of sp³-hybridized carbons (Fsp3) is 0.0476. The number of anilines is 1. The number of hydrogen-bond donors (Lipinski definition) is 0. The highest BCUT2D eigenvalue weighted by molar-refractivity contribution is 6.09. The van der Waals surface area contributed by atoms with Crippen LogP contribution in [0, 0.1) is 10.1 Å². The van der Waals surface area contributed by atoms with Crippen LogP contribution in [-0.2, 0) is 0 Å². The van der Waals surface area contributed by atoms with Gasteiger partial charge in [-0.15, -0.1) is 0 Å². The van der Waals surface area contributed by atoms with Gasteiger partial charge in [0.05, 0.1) is 21.9 Å². The molecule has 2 aromatic heterocycles. The molecule has 1 aliphatic rings. The van der Waals surface area contributed by atoms with Gasteiger partial charge < -0.3 is 4.42 Å². The number of carbonyl (C=O) groups excluding carboxylic acids is 1. The number of carbonyl (C=O) groups is 1. The fourth-order valence-electron chi connectivity index (χ4n) is 3.64. The number of amides is 1. The van der Waals surface area contributed by atoms with Crippen LogP contribution >= 0.6 is 0 Å². The Labute approximate surface area is 168 Å². The van der Waals surface area contributed by atoms with E-state index in [1.165, 1.54) is 41.6 Å². The molecular formula is C21H12N4O5. The molecule has 1 atom stereocenters. The average molecular weight is 400 g/mol. The van der Waals surface area contributed by atoms with E-state index in [0.29, 0.717) is 16.5 Å². The van der Waals surface area contributed by atoms with E-state index in [2.05, 4.69) is 9.97 Å². The van der Waals surface area contributed by atoms with E-state index in [9.17, 15) is 19.7 Å². The van der Waals surface area contributed by atoms with Crippen molar-refractivity contribution >= 4 is 28.5 Å². The molecule has 0 saturated heterocycles. The SMILES string of the molecule is O=C1c2oc3ccccc3c(=O)c2C(c2ccc([N+](=O)[O-])cc2)N1c1ncccn1. The van der Waals surface area contributed by atoms with Gasteiger partial charge in [-0.25, -0.2) is 9.97 Å². The van der Waals surface area contributed by atoms with Gasteiger partial charge in [0.2, 0.25) is 11.7 Å². The van der Waals surface area contributed by atoms with E-state index in [0.717, 1.165) is 0 Å². The first-order valence-corrected chi connectivity index (χ1v) is 8.97. The van der Waals surface area contributed by atoms with Crippen molar-refractivity contribution in [2.24, 2.45) is 0 Å². The van der Waals surface area contributed by atoms with Gasteiger partial charge in [0.25, 0.3) is 11.6 Å². The fourth-order valence-corrected chi connectivity index (χ4v) is 3.64. The monoisotopic (exact) mass is 400 g/mol. The van der Waals surface area contributed by atoms with Crippen molar-refractivity contribution in [3.63, 3.8) is 0 Å². The summed E-state index contributed by atoms with van der Waals surface area (Å²) in [6.07, 6.45) is 2.97. The van der Waals surface area contributed by atoms with Crippen molar-refractivity contribution in [2.45, 2.75) is 6.04 Å². The first kappa shape index (κ1) is 17.7. The third kappa shape index (κ3) is 2.56. The minimum absolute atomic E-state index is 0.0884. The molecule has 0 radical (unpaired) electrons. The Morgan fingerprint density at radius 1 is 0.967 bits per heavy atom. The summed E-state index contributed by atoms with van der Waals surface area (Å²) in [5, 5.41) is 11.4. The summed E-state index contributed by atoms with van der Waals surface area (Å²) in [4.78, 5) is 46.7. The molecular weight excluding hydrogens is 388 g/mol. The summed E-state index contributed by atoms with van der Waals surface area (Å²) in [5.41, 5.74) is 0.508. The Bertz CT molecular complexity index is 1370. The molecule has 0 spiro atoms. The van der Waals surface area contributed by atoms with Crippen molar-refractivity contribution in [1.29, 1.82) is 0 Å². The molecule has 1 aliphatic heterocycles. The maximum absolute atomic E-state index is 13.3. The molecule has 0 aliphatic carbocycles. The predicted molar refractivity (Wildman–Crippen MR) is 106 cm³/mol. The number of aromatic nitrogens is 2. The van der Waals surface area contributed by atoms with Crippen molar-refractivity contribution in [3.05, 3.63) is 104 Å². The van der Waals surface area contributed by atoms with Crippen LogP contribution in [0.5, 0.6) is 0 Å². The van der Waals surface area contributed by atoms with Crippen LogP contribution < -0.4 is 10.3 Å². The smallest absolute Gasteiger partial charge is 0.297 e. The Kier molecular flexibility index (Phi) is 3.88. The molecule has 4 aromatic rings. The van der Waals surface area contributed by atoms with Crippen LogP contribution in [0.15, 0.2) is 76.2 Å². The summed E-state index contributed by atoms with van der Waals surface area (Å²) in [7, 11) is 0. The van der Waals surface area contributed by atoms with Crippen molar-refractivity contribution < 1.29 is 14.1 Å². The number of hydrogen-bond acceptors (Lipinski definition) is 7. The number of fused-ring (bicyclic) bond motifs is 2. The molecule has 0 fully saturated rings. The van der Waals surface area contributed by atoms with Crippen LogP contribution in [0.1, 0.15) is 27.7 Å². The second-order valence-corrected chi connectivity index (χ2v) is 6.65. The average Bonchev–Trinajstić information content (AvgIpc) is 3.07. The standard InChI is InChI=1S/C21H12N4O5/c26-18-14-4-1-2-5-15(14)30-19-16(18)17(12-6-8-13(9-7-12)25(28)29)24(20(19)27)21-22-10-3-11-23-21/h1-11,17H. The van der Waals surface area contributed by atoms with Crippen molar-refractivity contribution in [2.75, 3.05) is 4.90 Å². The molecule has 9 nitrogen and oxygen atoms in total. The summed E-state index contributed by atoms with van der Waals surface area (Å²) in [6.45, 7) is 0. The maximum Gasteiger partial charge on any atom is 0.297 e. The highest BCUT2D eigenvalue weighted by Crippen LogP contribution is 2.40. The van der Waals surface area contributed by atoms with Gasteiger partial charge >= 0.3 is 0 Å². The van der Waals surface area contributed by atoms with E-state index >= 15 is 0 Å². The number of nitro benzene ring substituents is 1. The van der Waals surface area contributed by atoms with Crippen LogP contribution in [-0.4, -0.2) is 20.8 Å².